The Balaban J connectivity index is 2.35. The van der Waals surface area contributed by atoms with Crippen molar-refractivity contribution < 1.29 is 19.2 Å². The van der Waals surface area contributed by atoms with Gasteiger partial charge in [0.05, 0.1) is 17.6 Å². The molecule has 1 unspecified atom stereocenters. The Bertz CT molecular complexity index is 564. The van der Waals surface area contributed by atoms with Crippen LogP contribution in [0, 0.1) is 13.8 Å². The molecule has 0 radical (unpaired) electrons. The van der Waals surface area contributed by atoms with Crippen molar-refractivity contribution in [1.82, 2.24) is 0 Å². The molecule has 1 aliphatic heterocycles. The lowest BCUT2D eigenvalue weighted by molar-refractivity contribution is -0.137. The van der Waals surface area contributed by atoms with Crippen LogP contribution in [0.2, 0.25) is 0 Å². The summed E-state index contributed by atoms with van der Waals surface area (Å²) in [4.78, 5) is 11.3. The maximum absolute atomic E-state index is 11.3. The van der Waals surface area contributed by atoms with E-state index in [0.29, 0.717) is 0 Å². The van der Waals surface area contributed by atoms with Crippen LogP contribution in [0.5, 0.6) is 0 Å². The van der Waals surface area contributed by atoms with E-state index in [-0.39, 0.29) is 12.2 Å². The Kier molecular flexibility index (Phi) is 4.42. The van der Waals surface area contributed by atoms with Gasteiger partial charge in [0.15, 0.2) is 0 Å². The highest BCUT2D eigenvalue weighted by Gasteiger charge is 2.54. The molecule has 2 rings (SSSR count). The number of aliphatic carboxylic acids is 1. The molecule has 1 aromatic rings. The van der Waals surface area contributed by atoms with E-state index in [1.54, 1.807) is 0 Å². The van der Waals surface area contributed by atoms with Gasteiger partial charge >= 0.3 is 13.1 Å². The standard InChI is InChI=1S/C17H25BO4/c1-11-7-8-13(9-12(11)2)14(10-15(19)20)18-21-16(3,4)17(5,6)22-18/h7-9,14H,10H2,1-6H3,(H,19,20). The molecule has 0 aromatic heterocycles. The van der Waals surface area contributed by atoms with Crippen molar-refractivity contribution >= 4 is 13.1 Å². The molecular weight excluding hydrogens is 279 g/mol. The van der Waals surface area contributed by atoms with Gasteiger partial charge in [0.1, 0.15) is 0 Å². The number of hydrogen-bond donors (Lipinski definition) is 1. The average molecular weight is 304 g/mol. The monoisotopic (exact) mass is 304 g/mol. The van der Waals surface area contributed by atoms with Crippen LogP contribution in [0.25, 0.3) is 0 Å². The van der Waals surface area contributed by atoms with Crippen molar-refractivity contribution in [3.63, 3.8) is 0 Å². The Morgan fingerprint density at radius 2 is 1.68 bits per heavy atom. The van der Waals surface area contributed by atoms with E-state index in [1.807, 2.05) is 59.7 Å². The van der Waals surface area contributed by atoms with Crippen molar-refractivity contribution in [1.29, 1.82) is 0 Å². The highest BCUT2D eigenvalue weighted by Crippen LogP contribution is 2.41. The first-order chi connectivity index (χ1) is 10.0. The highest BCUT2D eigenvalue weighted by molar-refractivity contribution is 6.48. The summed E-state index contributed by atoms with van der Waals surface area (Å²) in [7, 11) is -0.553. The molecule has 0 spiro atoms. The minimum atomic E-state index is -0.849. The Morgan fingerprint density at radius 3 is 2.14 bits per heavy atom. The van der Waals surface area contributed by atoms with Gasteiger partial charge in [0.25, 0.3) is 0 Å². The summed E-state index contributed by atoms with van der Waals surface area (Å²) in [6, 6.07) is 6.03. The van der Waals surface area contributed by atoms with Crippen molar-refractivity contribution in [2.24, 2.45) is 0 Å². The summed E-state index contributed by atoms with van der Waals surface area (Å²) in [5, 5.41) is 9.28. The lowest BCUT2D eigenvalue weighted by Crippen LogP contribution is -2.41. The fraction of sp³-hybridized carbons (Fsp3) is 0.588. The quantitative estimate of drug-likeness (QED) is 0.865. The predicted molar refractivity (Wildman–Crippen MR) is 87.0 cm³/mol. The first kappa shape index (κ1) is 17.0. The summed E-state index contributed by atoms with van der Waals surface area (Å²) >= 11 is 0. The molecule has 0 bridgehead atoms. The first-order valence-electron chi connectivity index (χ1n) is 7.68. The molecule has 1 aromatic carbocycles. The second-order valence-electron chi connectivity index (χ2n) is 7.17. The van der Waals surface area contributed by atoms with Gasteiger partial charge in [-0.25, -0.2) is 0 Å². The third-order valence-electron chi connectivity index (χ3n) is 4.95. The molecule has 120 valence electrons. The van der Waals surface area contributed by atoms with E-state index >= 15 is 0 Å². The lowest BCUT2D eigenvalue weighted by atomic mass is 9.66. The molecule has 1 aliphatic rings. The fourth-order valence-electron chi connectivity index (χ4n) is 2.61. The van der Waals surface area contributed by atoms with E-state index in [1.165, 1.54) is 5.56 Å². The highest BCUT2D eigenvalue weighted by atomic mass is 16.7. The van der Waals surface area contributed by atoms with E-state index in [2.05, 4.69) is 0 Å². The number of hydrogen-bond acceptors (Lipinski definition) is 3. The van der Waals surface area contributed by atoms with Crippen LogP contribution in [0.3, 0.4) is 0 Å². The first-order valence-corrected chi connectivity index (χ1v) is 7.68. The van der Waals surface area contributed by atoms with Crippen LogP contribution in [0.15, 0.2) is 18.2 Å². The second kappa shape index (κ2) is 5.71. The van der Waals surface area contributed by atoms with Crippen LogP contribution in [-0.4, -0.2) is 29.4 Å². The number of carboxylic acids is 1. The molecule has 1 atom stereocenters. The maximum Gasteiger partial charge on any atom is 0.466 e. The fourth-order valence-corrected chi connectivity index (χ4v) is 2.61. The zero-order valence-electron chi connectivity index (χ0n) is 14.3. The summed E-state index contributed by atoms with van der Waals surface area (Å²) in [6.45, 7) is 12.0. The zero-order chi connectivity index (χ0) is 16.7. The van der Waals surface area contributed by atoms with Gasteiger partial charge in [-0.3, -0.25) is 4.79 Å². The topological polar surface area (TPSA) is 55.8 Å². The third kappa shape index (κ3) is 3.20. The molecule has 0 amide bonds. The smallest absolute Gasteiger partial charge is 0.466 e. The Hall–Kier alpha value is -1.33. The number of aryl methyl sites for hydroxylation is 2. The molecule has 4 nitrogen and oxygen atoms in total. The largest absolute Gasteiger partial charge is 0.481 e. The van der Waals surface area contributed by atoms with E-state index in [4.69, 9.17) is 9.31 Å². The summed E-state index contributed by atoms with van der Waals surface area (Å²) < 4.78 is 12.1. The van der Waals surface area contributed by atoms with Gasteiger partial charge in [0.2, 0.25) is 0 Å². The minimum absolute atomic E-state index is 0.0146. The van der Waals surface area contributed by atoms with Crippen molar-refractivity contribution in [2.45, 2.75) is 65.0 Å². The second-order valence-corrected chi connectivity index (χ2v) is 7.17. The van der Waals surface area contributed by atoms with Crippen molar-refractivity contribution in [3.8, 4) is 0 Å². The SMILES string of the molecule is Cc1ccc(C(CC(=O)O)B2OC(C)(C)C(C)(C)O2)cc1C. The number of carbonyl (C=O) groups is 1. The molecule has 1 fully saturated rings. The van der Waals surface area contributed by atoms with Crippen LogP contribution in [-0.2, 0) is 14.1 Å². The third-order valence-corrected chi connectivity index (χ3v) is 4.95. The van der Waals surface area contributed by atoms with Crippen LogP contribution >= 0.6 is 0 Å². The summed E-state index contributed by atoms with van der Waals surface area (Å²) in [6.07, 6.45) is -0.0146. The van der Waals surface area contributed by atoms with Gasteiger partial charge in [-0.1, -0.05) is 18.2 Å². The van der Waals surface area contributed by atoms with Crippen LogP contribution in [0.4, 0.5) is 0 Å². The molecule has 0 aliphatic carbocycles. The van der Waals surface area contributed by atoms with E-state index in [9.17, 15) is 9.90 Å². The molecule has 1 saturated heterocycles. The van der Waals surface area contributed by atoms with Crippen LogP contribution in [0.1, 0.15) is 56.6 Å². The number of rotatable bonds is 4. The molecule has 0 saturated carbocycles. The van der Waals surface area contributed by atoms with Gasteiger partial charge in [0, 0.05) is 5.82 Å². The number of carboxylic acid groups (broad SMARTS) is 1. The van der Waals surface area contributed by atoms with Crippen molar-refractivity contribution in [2.75, 3.05) is 0 Å². The summed E-state index contributed by atoms with van der Waals surface area (Å²) in [5.74, 6) is -1.17. The average Bonchev–Trinajstić information content (AvgIpc) is 2.59. The van der Waals surface area contributed by atoms with E-state index in [0.717, 1.165) is 11.1 Å². The van der Waals surface area contributed by atoms with Gasteiger partial charge in [-0.2, -0.15) is 0 Å². The lowest BCUT2D eigenvalue weighted by Gasteiger charge is -2.32. The summed E-state index contributed by atoms with van der Waals surface area (Å²) in [5.41, 5.74) is 2.35. The zero-order valence-corrected chi connectivity index (χ0v) is 14.3. The maximum atomic E-state index is 11.3. The normalized spacial score (nSPS) is 20.9. The molecule has 22 heavy (non-hydrogen) atoms. The van der Waals surface area contributed by atoms with Crippen LogP contribution < -0.4 is 0 Å². The van der Waals surface area contributed by atoms with E-state index < -0.39 is 24.3 Å². The Morgan fingerprint density at radius 1 is 1.14 bits per heavy atom. The number of benzene rings is 1. The molecular formula is C17H25BO4. The molecule has 1 heterocycles. The van der Waals surface area contributed by atoms with Gasteiger partial charge < -0.3 is 14.4 Å². The molecule has 1 N–H and O–H groups in total. The predicted octanol–water partition coefficient (Wildman–Crippen LogP) is 3.49. The Labute approximate surface area is 133 Å². The molecule has 5 heteroatoms. The van der Waals surface area contributed by atoms with Gasteiger partial charge in [-0.05, 0) is 58.2 Å². The van der Waals surface area contributed by atoms with Crippen molar-refractivity contribution in [3.05, 3.63) is 34.9 Å². The van der Waals surface area contributed by atoms with Gasteiger partial charge in [-0.15, -0.1) is 0 Å². The minimum Gasteiger partial charge on any atom is -0.481 e.